The maximum absolute atomic E-state index is 13.4. The Labute approximate surface area is 198 Å². The summed E-state index contributed by atoms with van der Waals surface area (Å²) in [5.74, 6) is -1.94. The average Bonchev–Trinajstić information content (AvgIpc) is 2.84. The molecule has 0 saturated carbocycles. The third kappa shape index (κ3) is 3.55. The number of aromatic hydroxyl groups is 1. The Hall–Kier alpha value is -5.05. The van der Waals surface area contributed by atoms with E-state index < -0.39 is 22.6 Å². The van der Waals surface area contributed by atoms with Gasteiger partial charge in [0.15, 0.2) is 0 Å². The van der Waals surface area contributed by atoms with Gasteiger partial charge in [0.05, 0.1) is 21.7 Å². The predicted molar refractivity (Wildman–Crippen MR) is 129 cm³/mol. The highest BCUT2D eigenvalue weighted by Crippen LogP contribution is 2.37. The van der Waals surface area contributed by atoms with Gasteiger partial charge in [0.1, 0.15) is 5.75 Å². The molecular formula is C26H17N3O6. The van der Waals surface area contributed by atoms with Gasteiger partial charge in [-0.3, -0.25) is 24.5 Å². The van der Waals surface area contributed by atoms with Crippen LogP contribution in [0.4, 0.5) is 17.1 Å². The van der Waals surface area contributed by atoms with E-state index in [9.17, 15) is 29.6 Å². The molecule has 3 amide bonds. The molecule has 0 aromatic heterocycles. The second-order valence-corrected chi connectivity index (χ2v) is 8.09. The lowest BCUT2D eigenvalue weighted by atomic mass is 9.92. The number of benzene rings is 4. The first-order valence-corrected chi connectivity index (χ1v) is 10.6. The molecule has 1 aliphatic heterocycles. The van der Waals surface area contributed by atoms with Crippen LogP contribution < -0.4 is 10.2 Å². The summed E-state index contributed by atoms with van der Waals surface area (Å²) >= 11 is 0. The fourth-order valence-electron chi connectivity index (χ4n) is 4.21. The SMILES string of the molecule is Cc1ccc(O)c(NC(=O)c2cccc(N3C(=O)c4cccc5c([N+](=O)[O-])ccc(c45)C3=O)c2)c1. The van der Waals surface area contributed by atoms with Crippen LogP contribution in [0.15, 0.2) is 72.8 Å². The lowest BCUT2D eigenvalue weighted by Crippen LogP contribution is -2.40. The van der Waals surface area contributed by atoms with Gasteiger partial charge in [-0.2, -0.15) is 0 Å². The van der Waals surface area contributed by atoms with Gasteiger partial charge in [0.25, 0.3) is 23.4 Å². The number of carbonyl (C=O) groups excluding carboxylic acids is 3. The number of nitrogens with one attached hydrogen (secondary N) is 1. The number of nitrogens with zero attached hydrogens (tertiary/aromatic N) is 2. The van der Waals surface area contributed by atoms with Crippen LogP contribution in [0.2, 0.25) is 0 Å². The molecule has 35 heavy (non-hydrogen) atoms. The normalized spacial score (nSPS) is 12.7. The van der Waals surface area contributed by atoms with E-state index in [2.05, 4.69) is 5.32 Å². The summed E-state index contributed by atoms with van der Waals surface area (Å²) in [4.78, 5) is 51.4. The number of carbonyl (C=O) groups is 3. The van der Waals surface area contributed by atoms with Crippen LogP contribution in [0.5, 0.6) is 5.75 Å². The fourth-order valence-corrected chi connectivity index (χ4v) is 4.21. The summed E-state index contributed by atoms with van der Waals surface area (Å²) in [6.07, 6.45) is 0. The number of aryl methyl sites for hydroxylation is 1. The minimum absolute atomic E-state index is 0.0970. The van der Waals surface area contributed by atoms with Crippen LogP contribution in [0.3, 0.4) is 0 Å². The zero-order valence-corrected chi connectivity index (χ0v) is 18.3. The van der Waals surface area contributed by atoms with Gasteiger partial charge >= 0.3 is 0 Å². The first kappa shape index (κ1) is 21.8. The fraction of sp³-hybridized carbons (Fsp3) is 0.0385. The Morgan fingerprint density at radius 2 is 1.66 bits per heavy atom. The van der Waals surface area contributed by atoms with Crippen molar-refractivity contribution < 1.29 is 24.4 Å². The number of non-ortho nitro benzene ring substituents is 1. The van der Waals surface area contributed by atoms with Gasteiger partial charge in [-0.15, -0.1) is 0 Å². The van der Waals surface area contributed by atoms with Crippen molar-refractivity contribution in [2.24, 2.45) is 0 Å². The summed E-state index contributed by atoms with van der Waals surface area (Å²) in [6, 6.07) is 17.9. The molecule has 5 rings (SSSR count). The lowest BCUT2D eigenvalue weighted by molar-refractivity contribution is -0.383. The van der Waals surface area contributed by atoms with Crippen LogP contribution in [0, 0.1) is 17.0 Å². The zero-order chi connectivity index (χ0) is 24.9. The molecule has 0 fully saturated rings. The smallest absolute Gasteiger partial charge is 0.277 e. The predicted octanol–water partition coefficient (Wildman–Crippen LogP) is 4.81. The third-order valence-electron chi connectivity index (χ3n) is 5.85. The molecule has 0 unspecified atom stereocenters. The van der Waals surface area contributed by atoms with Gasteiger partial charge in [0.2, 0.25) is 0 Å². The zero-order valence-electron chi connectivity index (χ0n) is 18.3. The number of amides is 3. The summed E-state index contributed by atoms with van der Waals surface area (Å²) in [5.41, 5.74) is 1.51. The Morgan fingerprint density at radius 1 is 0.943 bits per heavy atom. The van der Waals surface area contributed by atoms with Gasteiger partial charge in [-0.05, 0) is 61.0 Å². The number of rotatable bonds is 4. The van der Waals surface area contributed by atoms with E-state index in [0.29, 0.717) is 0 Å². The first-order chi connectivity index (χ1) is 16.8. The monoisotopic (exact) mass is 467 g/mol. The van der Waals surface area contributed by atoms with E-state index in [4.69, 9.17) is 0 Å². The van der Waals surface area contributed by atoms with Crippen molar-refractivity contribution in [3.63, 3.8) is 0 Å². The van der Waals surface area contributed by atoms with Crippen molar-refractivity contribution >= 4 is 45.6 Å². The molecule has 0 atom stereocenters. The lowest BCUT2D eigenvalue weighted by Gasteiger charge is -2.27. The number of hydrogen-bond acceptors (Lipinski definition) is 6. The van der Waals surface area contributed by atoms with Gasteiger partial charge < -0.3 is 10.4 Å². The van der Waals surface area contributed by atoms with Crippen molar-refractivity contribution in [1.29, 1.82) is 0 Å². The Bertz CT molecular complexity index is 1570. The molecule has 0 radical (unpaired) electrons. The maximum Gasteiger partial charge on any atom is 0.277 e. The molecule has 9 nitrogen and oxygen atoms in total. The average molecular weight is 467 g/mol. The molecule has 0 bridgehead atoms. The highest BCUT2D eigenvalue weighted by Gasteiger charge is 2.35. The van der Waals surface area contributed by atoms with E-state index in [1.54, 1.807) is 12.1 Å². The van der Waals surface area contributed by atoms with Crippen LogP contribution >= 0.6 is 0 Å². The largest absolute Gasteiger partial charge is 0.506 e. The number of anilines is 2. The highest BCUT2D eigenvalue weighted by atomic mass is 16.6. The second kappa shape index (κ2) is 8.07. The third-order valence-corrected chi connectivity index (χ3v) is 5.85. The molecule has 1 heterocycles. The standard InChI is InChI=1S/C26H17N3O6/c1-14-8-11-22(30)20(12-14)27-24(31)15-4-2-5-16(13-15)28-25(32)18-7-3-6-17-21(29(34)35)10-9-19(23(17)18)26(28)33/h2-13,30H,1H3,(H,27,31). The summed E-state index contributed by atoms with van der Waals surface area (Å²) < 4.78 is 0. The van der Waals surface area contributed by atoms with E-state index in [0.717, 1.165) is 10.5 Å². The van der Waals surface area contributed by atoms with Crippen molar-refractivity contribution in [2.45, 2.75) is 6.92 Å². The highest BCUT2D eigenvalue weighted by molar-refractivity contribution is 6.36. The number of nitro groups is 1. The number of phenols is 1. The van der Waals surface area contributed by atoms with Gasteiger partial charge in [0, 0.05) is 28.1 Å². The molecule has 0 spiro atoms. The number of nitro benzene ring substituents is 1. The van der Waals surface area contributed by atoms with E-state index in [-0.39, 0.29) is 50.3 Å². The van der Waals surface area contributed by atoms with E-state index in [1.165, 1.54) is 60.7 Å². The first-order valence-electron chi connectivity index (χ1n) is 10.6. The molecular weight excluding hydrogens is 450 g/mol. The van der Waals surface area contributed by atoms with Crippen molar-refractivity contribution in [2.75, 3.05) is 10.2 Å². The Morgan fingerprint density at radius 3 is 2.40 bits per heavy atom. The van der Waals surface area contributed by atoms with Crippen LogP contribution in [0.1, 0.15) is 36.6 Å². The summed E-state index contributed by atoms with van der Waals surface area (Å²) in [7, 11) is 0. The van der Waals surface area contributed by atoms with E-state index >= 15 is 0 Å². The molecule has 1 aliphatic rings. The van der Waals surface area contributed by atoms with E-state index in [1.807, 2.05) is 6.92 Å². The molecule has 2 N–H and O–H groups in total. The quantitative estimate of drug-likeness (QED) is 0.192. The Balaban J connectivity index is 1.54. The molecule has 4 aromatic carbocycles. The number of phenolic OH excluding ortho intramolecular Hbond substituents is 1. The van der Waals surface area contributed by atoms with Crippen LogP contribution in [-0.2, 0) is 0 Å². The summed E-state index contributed by atoms with van der Waals surface area (Å²) in [5, 5.41) is 24.5. The second-order valence-electron chi connectivity index (χ2n) is 8.09. The minimum atomic E-state index is -0.650. The molecule has 4 aromatic rings. The summed E-state index contributed by atoms with van der Waals surface area (Å²) in [6.45, 7) is 1.82. The van der Waals surface area contributed by atoms with Crippen LogP contribution in [-0.4, -0.2) is 27.8 Å². The minimum Gasteiger partial charge on any atom is -0.506 e. The van der Waals surface area contributed by atoms with Crippen molar-refractivity contribution in [3.8, 4) is 5.75 Å². The van der Waals surface area contributed by atoms with Crippen molar-refractivity contribution in [3.05, 3.63) is 105 Å². The molecule has 172 valence electrons. The van der Waals surface area contributed by atoms with Gasteiger partial charge in [-0.25, -0.2) is 4.90 Å². The molecule has 0 aliphatic carbocycles. The maximum atomic E-state index is 13.4. The molecule has 0 saturated heterocycles. The van der Waals surface area contributed by atoms with Crippen molar-refractivity contribution in [1.82, 2.24) is 0 Å². The Kier molecular flexibility index (Phi) is 5.02. The van der Waals surface area contributed by atoms with Gasteiger partial charge in [-0.1, -0.05) is 18.2 Å². The topological polar surface area (TPSA) is 130 Å². The number of hydrogen-bond donors (Lipinski definition) is 2. The van der Waals surface area contributed by atoms with Crippen LogP contribution in [0.25, 0.3) is 10.8 Å². The number of imide groups is 1. The molecule has 9 heteroatoms.